The summed E-state index contributed by atoms with van der Waals surface area (Å²) in [4.78, 5) is 57.4. The van der Waals surface area contributed by atoms with E-state index in [1.165, 1.54) is 26.4 Å². The predicted molar refractivity (Wildman–Crippen MR) is 132 cm³/mol. The second-order valence-electron chi connectivity index (χ2n) is 8.02. The fourth-order valence-corrected chi connectivity index (χ4v) is 3.85. The first-order valence-electron chi connectivity index (χ1n) is 11.1. The van der Waals surface area contributed by atoms with Gasteiger partial charge in [-0.1, -0.05) is 30.3 Å². The van der Waals surface area contributed by atoms with Crippen LogP contribution in [0.5, 0.6) is 0 Å². The first-order valence-corrected chi connectivity index (χ1v) is 11.1. The van der Waals surface area contributed by atoms with E-state index in [1.54, 1.807) is 36.4 Å². The normalized spacial score (nSPS) is 13.7. The lowest BCUT2D eigenvalue weighted by atomic mass is 9.93. The van der Waals surface area contributed by atoms with Gasteiger partial charge in [0.15, 0.2) is 5.78 Å². The number of hydrogen-bond acceptors (Lipinski definition) is 9. The molecule has 2 heterocycles. The Morgan fingerprint density at radius 3 is 2.50 bits per heavy atom. The van der Waals surface area contributed by atoms with Gasteiger partial charge in [0.2, 0.25) is 11.8 Å². The minimum atomic E-state index is -0.609. The van der Waals surface area contributed by atoms with E-state index in [0.29, 0.717) is 40.7 Å². The second kappa shape index (κ2) is 10.6. The van der Waals surface area contributed by atoms with Crippen LogP contribution in [0.2, 0.25) is 0 Å². The lowest BCUT2D eigenvalue weighted by Gasteiger charge is -2.16. The van der Waals surface area contributed by atoms with E-state index in [0.717, 1.165) is 0 Å². The molecule has 0 bridgehead atoms. The molecule has 0 aliphatic carbocycles. The summed E-state index contributed by atoms with van der Waals surface area (Å²) in [6, 6.07) is 13.6. The summed E-state index contributed by atoms with van der Waals surface area (Å²) in [6.45, 7) is 1.44. The Balaban J connectivity index is 1.65. The molecule has 36 heavy (non-hydrogen) atoms. The maximum Gasteiger partial charge on any atom is 0.337 e. The van der Waals surface area contributed by atoms with Crippen molar-refractivity contribution in [3.63, 3.8) is 0 Å². The SMILES string of the molecule is COC(=O)c1cc(NC(=O)CNC(C)=O)cc(Nc2ncnc3c2C(C(=O)c2ccccc2)CN3)c1. The van der Waals surface area contributed by atoms with Crippen molar-refractivity contribution in [2.75, 3.05) is 36.1 Å². The number of hydrogen-bond donors (Lipinski definition) is 4. The maximum absolute atomic E-state index is 13.2. The van der Waals surface area contributed by atoms with Crippen molar-refractivity contribution in [1.29, 1.82) is 0 Å². The molecule has 0 radical (unpaired) electrons. The number of anilines is 4. The number of carbonyl (C=O) groups is 4. The lowest BCUT2D eigenvalue weighted by Crippen LogP contribution is -2.31. The van der Waals surface area contributed by atoms with E-state index in [1.807, 2.05) is 6.07 Å². The molecular formula is C25H24N6O5. The Bertz CT molecular complexity index is 1330. The van der Waals surface area contributed by atoms with Crippen LogP contribution in [-0.2, 0) is 14.3 Å². The van der Waals surface area contributed by atoms with Gasteiger partial charge in [0.25, 0.3) is 0 Å². The number of benzene rings is 2. The first kappa shape index (κ1) is 24.3. The number of Topliss-reactive ketones (excluding diaryl/α,β-unsaturated/α-hetero) is 1. The third-order valence-corrected chi connectivity index (χ3v) is 5.48. The molecule has 4 N–H and O–H groups in total. The molecule has 1 atom stereocenters. The van der Waals surface area contributed by atoms with Crippen molar-refractivity contribution in [3.05, 3.63) is 71.5 Å². The lowest BCUT2D eigenvalue weighted by molar-refractivity contribution is -0.122. The van der Waals surface area contributed by atoms with Gasteiger partial charge >= 0.3 is 5.97 Å². The number of fused-ring (bicyclic) bond motifs is 1. The fourth-order valence-electron chi connectivity index (χ4n) is 3.85. The smallest absolute Gasteiger partial charge is 0.337 e. The van der Waals surface area contributed by atoms with Gasteiger partial charge in [-0.2, -0.15) is 0 Å². The number of amides is 2. The minimum absolute atomic E-state index is 0.0751. The number of esters is 1. The molecule has 11 heteroatoms. The van der Waals surface area contributed by atoms with Crippen molar-refractivity contribution in [1.82, 2.24) is 15.3 Å². The summed E-state index contributed by atoms with van der Waals surface area (Å²) in [6.07, 6.45) is 1.36. The Morgan fingerprint density at radius 2 is 1.78 bits per heavy atom. The molecule has 2 aromatic carbocycles. The number of nitrogens with one attached hydrogen (secondary N) is 4. The first-order chi connectivity index (χ1) is 17.4. The summed E-state index contributed by atoms with van der Waals surface area (Å²) in [5, 5.41) is 11.4. The highest BCUT2D eigenvalue weighted by Gasteiger charge is 2.33. The van der Waals surface area contributed by atoms with Crippen LogP contribution in [0.1, 0.15) is 39.1 Å². The molecule has 11 nitrogen and oxygen atoms in total. The van der Waals surface area contributed by atoms with Gasteiger partial charge in [-0.05, 0) is 18.2 Å². The number of methoxy groups -OCH3 is 1. The van der Waals surface area contributed by atoms with Gasteiger partial charge < -0.3 is 26.0 Å². The average molecular weight is 489 g/mol. The molecule has 0 fully saturated rings. The van der Waals surface area contributed by atoms with Crippen LogP contribution in [0.4, 0.5) is 23.0 Å². The Labute approximate surface area is 206 Å². The maximum atomic E-state index is 13.2. The zero-order valence-electron chi connectivity index (χ0n) is 19.6. The largest absolute Gasteiger partial charge is 0.465 e. The molecule has 1 aliphatic heterocycles. The van der Waals surface area contributed by atoms with Crippen molar-refractivity contribution in [2.45, 2.75) is 12.8 Å². The van der Waals surface area contributed by atoms with Crippen molar-refractivity contribution >= 4 is 46.6 Å². The highest BCUT2D eigenvalue weighted by molar-refractivity contribution is 6.04. The van der Waals surface area contributed by atoms with Gasteiger partial charge in [-0.3, -0.25) is 14.4 Å². The molecule has 184 valence electrons. The van der Waals surface area contributed by atoms with Crippen molar-refractivity contribution < 1.29 is 23.9 Å². The summed E-state index contributed by atoms with van der Waals surface area (Å²) < 4.78 is 4.84. The number of carbonyl (C=O) groups excluding carboxylic acids is 4. The van der Waals surface area contributed by atoms with Crippen molar-refractivity contribution in [2.24, 2.45) is 0 Å². The summed E-state index contributed by atoms with van der Waals surface area (Å²) in [5.74, 6) is -1.10. The van der Waals surface area contributed by atoms with E-state index >= 15 is 0 Å². The average Bonchev–Trinajstić information content (AvgIpc) is 3.32. The molecule has 1 unspecified atom stereocenters. The van der Waals surface area contributed by atoms with Gasteiger partial charge in [0.1, 0.15) is 18.0 Å². The minimum Gasteiger partial charge on any atom is -0.465 e. The summed E-state index contributed by atoms with van der Waals surface area (Å²) in [7, 11) is 1.25. The van der Waals surface area contributed by atoms with E-state index in [2.05, 4.69) is 31.2 Å². The molecule has 0 saturated carbocycles. The molecule has 1 aromatic heterocycles. The van der Waals surface area contributed by atoms with E-state index in [4.69, 9.17) is 4.74 Å². The van der Waals surface area contributed by atoms with Crippen LogP contribution in [0.3, 0.4) is 0 Å². The van der Waals surface area contributed by atoms with Crippen LogP contribution in [0.25, 0.3) is 0 Å². The fraction of sp³-hybridized carbons (Fsp3) is 0.200. The van der Waals surface area contributed by atoms with Crippen LogP contribution >= 0.6 is 0 Å². The van der Waals surface area contributed by atoms with Gasteiger partial charge in [-0.25, -0.2) is 14.8 Å². The van der Waals surface area contributed by atoms with E-state index in [9.17, 15) is 19.2 Å². The Morgan fingerprint density at radius 1 is 1.03 bits per heavy atom. The molecule has 0 saturated heterocycles. The van der Waals surface area contributed by atoms with Crippen LogP contribution in [-0.4, -0.2) is 53.7 Å². The number of ether oxygens (including phenoxy) is 1. The number of aromatic nitrogens is 2. The third kappa shape index (κ3) is 5.46. The molecular weight excluding hydrogens is 464 g/mol. The summed E-state index contributed by atoms with van der Waals surface area (Å²) >= 11 is 0. The van der Waals surface area contributed by atoms with Gasteiger partial charge in [0, 0.05) is 36.0 Å². The standard InChI is InChI=1S/C25H24N6O5/c1-14(32)26-12-20(33)30-17-8-16(25(35)36-2)9-18(10-17)31-24-21-19(11-27-23(21)28-13-29-24)22(34)15-6-4-3-5-7-15/h3-10,13,19H,11-12H2,1-2H3,(H,26,32)(H,30,33)(H2,27,28,29,31). The topological polar surface area (TPSA) is 151 Å². The van der Waals surface area contributed by atoms with Crippen LogP contribution in [0, 0.1) is 0 Å². The number of rotatable bonds is 8. The zero-order valence-corrected chi connectivity index (χ0v) is 19.6. The number of nitrogens with zero attached hydrogens (tertiary/aromatic N) is 2. The van der Waals surface area contributed by atoms with E-state index in [-0.39, 0.29) is 23.8 Å². The van der Waals surface area contributed by atoms with Crippen molar-refractivity contribution in [3.8, 4) is 0 Å². The molecule has 1 aliphatic rings. The second-order valence-corrected chi connectivity index (χ2v) is 8.02. The molecule has 0 spiro atoms. The molecule has 4 rings (SSSR count). The molecule has 2 amide bonds. The molecule has 3 aromatic rings. The highest BCUT2D eigenvalue weighted by atomic mass is 16.5. The summed E-state index contributed by atoms with van der Waals surface area (Å²) in [5.41, 5.74) is 2.08. The van der Waals surface area contributed by atoms with Crippen LogP contribution in [0.15, 0.2) is 54.9 Å². The van der Waals surface area contributed by atoms with Gasteiger partial charge in [-0.15, -0.1) is 0 Å². The monoisotopic (exact) mass is 488 g/mol. The quantitative estimate of drug-likeness (QED) is 0.277. The third-order valence-electron chi connectivity index (χ3n) is 5.48. The van der Waals surface area contributed by atoms with E-state index < -0.39 is 17.8 Å². The highest BCUT2D eigenvalue weighted by Crippen LogP contribution is 2.38. The van der Waals surface area contributed by atoms with Gasteiger partial charge in [0.05, 0.1) is 25.1 Å². The predicted octanol–water partition coefficient (Wildman–Crippen LogP) is 2.47. The number of ketones is 1. The Kier molecular flexibility index (Phi) is 7.19. The zero-order chi connectivity index (χ0) is 25.7. The Hall–Kier alpha value is -4.80. The van der Waals surface area contributed by atoms with Crippen LogP contribution < -0.4 is 21.3 Å².